The van der Waals surface area contributed by atoms with Crippen LogP contribution in [-0.2, 0) is 6.61 Å². The molecule has 0 bridgehead atoms. The number of aldehydes is 1. The third-order valence-electron chi connectivity index (χ3n) is 5.98. The van der Waals surface area contributed by atoms with Gasteiger partial charge in [-0.25, -0.2) is 0 Å². The molecule has 0 aliphatic heterocycles. The lowest BCUT2D eigenvalue weighted by molar-refractivity contribution is 0.111. The zero-order chi connectivity index (χ0) is 28.5. The van der Waals surface area contributed by atoms with Crippen molar-refractivity contribution in [3.63, 3.8) is 0 Å². The number of carbonyl (C=O) groups excluding carboxylic acids is 1. The van der Waals surface area contributed by atoms with Crippen LogP contribution in [0.4, 0.5) is 0 Å². The summed E-state index contributed by atoms with van der Waals surface area (Å²) in [4.78, 5) is 15.7. The molecule has 4 rings (SSSR count). The smallest absolute Gasteiger partial charge is 0.153 e. The van der Waals surface area contributed by atoms with Gasteiger partial charge in [-0.05, 0) is 48.7 Å². The van der Waals surface area contributed by atoms with Crippen molar-refractivity contribution in [2.24, 2.45) is 0 Å². The monoisotopic (exact) mass is 571 g/mol. The van der Waals surface area contributed by atoms with Gasteiger partial charge in [0.15, 0.2) is 6.29 Å². The number of aromatic nitrogens is 1. The van der Waals surface area contributed by atoms with Gasteiger partial charge in [-0.15, -0.1) is 11.6 Å². The second-order valence-corrected chi connectivity index (χ2v) is 9.42. The summed E-state index contributed by atoms with van der Waals surface area (Å²) < 4.78 is 17.9. The van der Waals surface area contributed by atoms with E-state index in [9.17, 15) is 10.1 Å². The van der Waals surface area contributed by atoms with Gasteiger partial charge in [0.05, 0.1) is 22.8 Å². The molecular weight excluding hydrogens is 549 g/mol. The largest absolute Gasteiger partial charge is 0.492 e. The number of pyridine rings is 1. The van der Waals surface area contributed by atoms with E-state index in [1.165, 1.54) is 12.3 Å². The maximum Gasteiger partial charge on any atom is 0.153 e. The summed E-state index contributed by atoms with van der Waals surface area (Å²) in [6, 6.07) is 19.9. The molecule has 0 fully saturated rings. The van der Waals surface area contributed by atoms with Crippen molar-refractivity contribution >= 4 is 29.5 Å². The standard InChI is InChI=1S/C31H23Cl2N3O4/c1-20-24(25-6-3-8-29(26(25)15-35)38-10-4-9-32)5-2-7-28(20)40-31-13-30(23(18-37)12-27(31)33)39-19-22-11-21(14-34)16-36-17-22/h2-3,5-8,11-13,16-18H,4,9-10,19H2,1H3. The van der Waals surface area contributed by atoms with Crippen molar-refractivity contribution < 1.29 is 19.0 Å². The van der Waals surface area contributed by atoms with Gasteiger partial charge in [0, 0.05) is 35.5 Å². The Hall–Kier alpha value is -4.56. The van der Waals surface area contributed by atoms with Gasteiger partial charge in [0.2, 0.25) is 0 Å². The van der Waals surface area contributed by atoms with E-state index in [1.54, 1.807) is 30.5 Å². The molecule has 200 valence electrons. The quantitative estimate of drug-likeness (QED) is 0.103. The van der Waals surface area contributed by atoms with Crippen LogP contribution in [-0.4, -0.2) is 23.8 Å². The highest BCUT2D eigenvalue weighted by atomic mass is 35.5. The average molecular weight is 572 g/mol. The first kappa shape index (κ1) is 28.4. The fourth-order valence-corrected chi connectivity index (χ4v) is 4.32. The first-order valence-corrected chi connectivity index (χ1v) is 13.2. The second kappa shape index (κ2) is 13.5. The molecule has 4 aromatic rings. The molecule has 1 aromatic heterocycles. The fourth-order valence-electron chi connectivity index (χ4n) is 4.00. The van der Waals surface area contributed by atoms with Crippen LogP contribution >= 0.6 is 23.2 Å². The number of hydrogen-bond acceptors (Lipinski definition) is 7. The molecule has 40 heavy (non-hydrogen) atoms. The lowest BCUT2D eigenvalue weighted by atomic mass is 9.95. The molecule has 0 aliphatic rings. The van der Waals surface area contributed by atoms with Crippen molar-refractivity contribution in [2.75, 3.05) is 12.5 Å². The molecule has 7 nitrogen and oxygen atoms in total. The van der Waals surface area contributed by atoms with Gasteiger partial charge in [0.25, 0.3) is 0 Å². The predicted molar refractivity (Wildman–Crippen MR) is 152 cm³/mol. The molecule has 0 N–H and O–H groups in total. The number of halogens is 2. The summed E-state index contributed by atoms with van der Waals surface area (Å²) in [5.74, 6) is 2.01. The molecule has 3 aromatic carbocycles. The highest BCUT2D eigenvalue weighted by Gasteiger charge is 2.17. The van der Waals surface area contributed by atoms with Crippen LogP contribution < -0.4 is 14.2 Å². The minimum atomic E-state index is 0.0825. The predicted octanol–water partition coefficient (Wildman–Crippen LogP) is 7.65. The third-order valence-corrected chi connectivity index (χ3v) is 6.54. The zero-order valence-electron chi connectivity index (χ0n) is 21.5. The molecule has 0 radical (unpaired) electrons. The Morgan fingerprint density at radius 1 is 0.925 bits per heavy atom. The van der Waals surface area contributed by atoms with E-state index in [2.05, 4.69) is 11.1 Å². The minimum Gasteiger partial charge on any atom is -0.492 e. The van der Waals surface area contributed by atoms with Crippen molar-refractivity contribution in [1.82, 2.24) is 4.98 Å². The average Bonchev–Trinajstić information content (AvgIpc) is 2.98. The Labute approximate surface area is 242 Å². The molecule has 0 spiro atoms. The number of hydrogen-bond donors (Lipinski definition) is 0. The molecular formula is C31H23Cl2N3O4. The second-order valence-electron chi connectivity index (χ2n) is 8.63. The molecule has 0 saturated heterocycles. The van der Waals surface area contributed by atoms with Crippen molar-refractivity contribution in [1.29, 1.82) is 10.5 Å². The fraction of sp³-hybridized carbons (Fsp3) is 0.161. The van der Waals surface area contributed by atoms with Gasteiger partial charge in [-0.1, -0.05) is 35.9 Å². The Bertz CT molecular complexity index is 1630. The van der Waals surface area contributed by atoms with E-state index in [4.69, 9.17) is 42.7 Å². The molecule has 0 saturated carbocycles. The summed E-state index contributed by atoms with van der Waals surface area (Å²) in [6.07, 6.45) is 4.34. The van der Waals surface area contributed by atoms with Gasteiger partial charge in [-0.2, -0.15) is 10.5 Å². The maximum atomic E-state index is 11.7. The van der Waals surface area contributed by atoms with Crippen LogP contribution in [0.3, 0.4) is 0 Å². The van der Waals surface area contributed by atoms with Crippen molar-refractivity contribution in [2.45, 2.75) is 20.0 Å². The highest BCUT2D eigenvalue weighted by Crippen LogP contribution is 2.40. The SMILES string of the molecule is Cc1c(Oc2cc(OCc3cncc(C#N)c3)c(C=O)cc2Cl)cccc1-c1cccc(OCCCCl)c1C#N. The number of nitrogens with zero attached hydrogens (tertiary/aromatic N) is 3. The summed E-state index contributed by atoms with van der Waals surface area (Å²) in [5, 5.41) is 19.2. The van der Waals surface area contributed by atoms with Gasteiger partial charge < -0.3 is 14.2 Å². The van der Waals surface area contributed by atoms with Crippen LogP contribution in [0.1, 0.15) is 39.0 Å². The molecule has 0 atom stereocenters. The Kier molecular flexibility index (Phi) is 9.59. The topological polar surface area (TPSA) is 105 Å². The third kappa shape index (κ3) is 6.52. The number of nitriles is 2. The Morgan fingerprint density at radius 3 is 2.42 bits per heavy atom. The molecule has 0 aliphatic carbocycles. The summed E-state index contributed by atoms with van der Waals surface area (Å²) >= 11 is 12.2. The zero-order valence-corrected chi connectivity index (χ0v) is 23.0. The number of benzene rings is 3. The molecule has 9 heteroatoms. The Morgan fingerprint density at radius 2 is 1.70 bits per heavy atom. The van der Waals surface area contributed by atoms with Gasteiger partial charge in [-0.3, -0.25) is 9.78 Å². The molecule has 1 heterocycles. The van der Waals surface area contributed by atoms with Crippen molar-refractivity contribution in [3.05, 3.63) is 99.8 Å². The minimum absolute atomic E-state index is 0.0825. The lowest BCUT2D eigenvalue weighted by Crippen LogP contribution is -2.01. The number of carbonyl (C=O) groups is 1. The first-order chi connectivity index (χ1) is 19.5. The van der Waals surface area contributed by atoms with Crippen LogP contribution in [0, 0.1) is 29.6 Å². The van der Waals surface area contributed by atoms with Gasteiger partial charge >= 0.3 is 0 Å². The summed E-state index contributed by atoms with van der Waals surface area (Å²) in [5.41, 5.74) is 3.99. The molecule has 0 amide bonds. The summed E-state index contributed by atoms with van der Waals surface area (Å²) in [7, 11) is 0. The van der Waals surface area contributed by atoms with Crippen LogP contribution in [0.2, 0.25) is 5.02 Å². The summed E-state index contributed by atoms with van der Waals surface area (Å²) in [6.45, 7) is 2.37. The number of rotatable bonds is 11. The van der Waals surface area contributed by atoms with E-state index in [0.717, 1.165) is 11.1 Å². The molecule has 0 unspecified atom stereocenters. The normalized spacial score (nSPS) is 10.3. The van der Waals surface area contributed by atoms with Gasteiger partial charge in [0.1, 0.15) is 47.3 Å². The van der Waals surface area contributed by atoms with E-state index >= 15 is 0 Å². The van der Waals surface area contributed by atoms with E-state index in [-0.39, 0.29) is 28.7 Å². The lowest BCUT2D eigenvalue weighted by Gasteiger charge is -2.17. The number of alkyl halides is 1. The van der Waals surface area contributed by atoms with E-state index in [1.807, 2.05) is 37.3 Å². The van der Waals surface area contributed by atoms with Crippen LogP contribution in [0.25, 0.3) is 11.1 Å². The van der Waals surface area contributed by atoms with Crippen molar-refractivity contribution in [3.8, 4) is 46.3 Å². The number of ether oxygens (including phenoxy) is 3. The van der Waals surface area contributed by atoms with E-state index in [0.29, 0.717) is 58.9 Å². The first-order valence-electron chi connectivity index (χ1n) is 12.2. The van der Waals surface area contributed by atoms with Crippen LogP contribution in [0.5, 0.6) is 23.0 Å². The Balaban J connectivity index is 1.64. The van der Waals surface area contributed by atoms with E-state index < -0.39 is 0 Å². The maximum absolute atomic E-state index is 11.7. The highest BCUT2D eigenvalue weighted by molar-refractivity contribution is 6.32. The van der Waals surface area contributed by atoms with Crippen LogP contribution in [0.15, 0.2) is 67.0 Å².